The van der Waals surface area contributed by atoms with Gasteiger partial charge in [-0.3, -0.25) is 4.98 Å². The number of benzene rings is 1. The smallest absolute Gasteiger partial charge is 0.128 e. The summed E-state index contributed by atoms with van der Waals surface area (Å²) in [7, 11) is 0. The molecule has 4 aromatic rings. The molecule has 2 saturated heterocycles. The van der Waals surface area contributed by atoms with Crippen LogP contribution in [0.2, 0.25) is 0 Å². The van der Waals surface area contributed by atoms with Crippen LogP contribution in [0.5, 0.6) is 0 Å². The van der Waals surface area contributed by atoms with Crippen molar-refractivity contribution in [2.75, 3.05) is 37.3 Å². The van der Waals surface area contributed by atoms with E-state index in [4.69, 9.17) is 4.98 Å². The average molecular weight is 482 g/mol. The Balaban J connectivity index is 1.17. The maximum Gasteiger partial charge on any atom is 0.128 e. The van der Waals surface area contributed by atoms with Gasteiger partial charge in [-0.05, 0) is 80.3 Å². The Morgan fingerprint density at radius 3 is 2.31 bits per heavy atom. The number of nitrogens with one attached hydrogen (secondary N) is 1. The van der Waals surface area contributed by atoms with E-state index in [0.717, 1.165) is 30.3 Å². The van der Waals surface area contributed by atoms with Crippen molar-refractivity contribution in [3.63, 3.8) is 0 Å². The van der Waals surface area contributed by atoms with E-state index in [1.165, 1.54) is 64.8 Å². The fraction of sp³-hybridized carbons (Fsp3) is 0.379. The third kappa shape index (κ3) is 3.66. The van der Waals surface area contributed by atoms with Crippen LogP contribution < -0.4 is 4.90 Å². The molecule has 2 aliphatic heterocycles. The molecule has 178 valence electrons. The number of hydrogen-bond donors (Lipinski definition) is 1. The first kappa shape index (κ1) is 21.5. The quantitative estimate of drug-likeness (QED) is 0.345. The summed E-state index contributed by atoms with van der Waals surface area (Å²) in [5.74, 6) is 1.77. The number of aromatic amines is 1. The fourth-order valence-corrected chi connectivity index (χ4v) is 6.91. The summed E-state index contributed by atoms with van der Waals surface area (Å²) in [5, 5.41) is 1.36. The third-order valence-electron chi connectivity index (χ3n) is 7.93. The molecule has 5 heterocycles. The standard InChI is InChI=1S/C29H31N5S/c1-18-10-23(11-19(2)31-18)28-27(20-4-5-20)24-8-6-21(12-25(24)32-28)22-7-9-26(30-13-22)33-14-29(15-33)16-34(17-29)35-3/h6-13,20,32H,4-5,14-17H2,1-3H3. The molecular weight excluding hydrogens is 450 g/mol. The first-order valence-electron chi connectivity index (χ1n) is 12.6. The normalized spacial score (nSPS) is 19.2. The zero-order valence-corrected chi connectivity index (χ0v) is 21.5. The minimum atomic E-state index is 0.505. The number of fused-ring (bicyclic) bond motifs is 1. The zero-order chi connectivity index (χ0) is 23.7. The van der Waals surface area contributed by atoms with Crippen LogP contribution >= 0.6 is 11.9 Å². The van der Waals surface area contributed by atoms with Crippen LogP contribution in [0.3, 0.4) is 0 Å². The molecule has 0 radical (unpaired) electrons. The summed E-state index contributed by atoms with van der Waals surface area (Å²) >= 11 is 1.86. The lowest BCUT2D eigenvalue weighted by molar-refractivity contribution is 0.0474. The van der Waals surface area contributed by atoms with E-state index in [1.54, 1.807) is 0 Å². The van der Waals surface area contributed by atoms with E-state index in [0.29, 0.717) is 11.3 Å². The third-order valence-corrected chi connectivity index (χ3v) is 8.71. The van der Waals surface area contributed by atoms with Gasteiger partial charge in [-0.1, -0.05) is 24.1 Å². The molecule has 1 aromatic carbocycles. The van der Waals surface area contributed by atoms with Crippen LogP contribution in [-0.2, 0) is 0 Å². The van der Waals surface area contributed by atoms with Crippen LogP contribution in [-0.4, -0.2) is 51.7 Å². The van der Waals surface area contributed by atoms with Gasteiger partial charge in [0.1, 0.15) is 5.82 Å². The Bertz CT molecular complexity index is 1400. The highest BCUT2D eigenvalue weighted by Gasteiger charge is 2.51. The summed E-state index contributed by atoms with van der Waals surface area (Å²) in [6.45, 7) is 8.84. The van der Waals surface area contributed by atoms with Crippen LogP contribution in [0.1, 0.15) is 35.7 Å². The number of aromatic nitrogens is 3. The van der Waals surface area contributed by atoms with Crippen molar-refractivity contribution in [2.45, 2.75) is 32.6 Å². The highest BCUT2D eigenvalue weighted by atomic mass is 32.2. The molecule has 1 spiro atoms. The maximum absolute atomic E-state index is 4.84. The molecule has 0 atom stereocenters. The van der Waals surface area contributed by atoms with E-state index >= 15 is 0 Å². The van der Waals surface area contributed by atoms with Gasteiger partial charge in [0.2, 0.25) is 0 Å². The Kier molecular flexibility index (Phi) is 4.80. The Hall–Kier alpha value is -2.83. The van der Waals surface area contributed by atoms with E-state index < -0.39 is 0 Å². The number of anilines is 1. The molecular formula is C29H31N5S. The molecule has 35 heavy (non-hydrogen) atoms. The average Bonchev–Trinajstić information content (AvgIpc) is 3.56. The van der Waals surface area contributed by atoms with Gasteiger partial charge in [0.05, 0.1) is 5.69 Å². The highest BCUT2D eigenvalue weighted by Crippen LogP contribution is 2.48. The SMILES string of the molecule is CSN1CC2(C1)CN(c1ccc(-c3ccc4c(C5CC5)c(-c5cc(C)nc(C)c5)[nH]c4c3)cn1)C2. The molecule has 3 aromatic heterocycles. The Morgan fingerprint density at radius 2 is 1.66 bits per heavy atom. The van der Waals surface area contributed by atoms with Crippen LogP contribution in [0.4, 0.5) is 5.82 Å². The molecule has 1 saturated carbocycles. The van der Waals surface area contributed by atoms with Crippen molar-refractivity contribution in [3.05, 3.63) is 65.6 Å². The predicted molar refractivity (Wildman–Crippen MR) is 146 cm³/mol. The van der Waals surface area contributed by atoms with E-state index in [1.807, 2.05) is 18.1 Å². The lowest BCUT2D eigenvalue weighted by atomic mass is 9.74. The highest BCUT2D eigenvalue weighted by molar-refractivity contribution is 7.96. The van der Waals surface area contributed by atoms with Crippen LogP contribution in [0, 0.1) is 19.3 Å². The molecule has 1 aliphatic carbocycles. The minimum absolute atomic E-state index is 0.505. The summed E-state index contributed by atoms with van der Waals surface area (Å²) in [6.07, 6.45) is 6.77. The number of H-pyrrole nitrogens is 1. The topological polar surface area (TPSA) is 48.0 Å². The minimum Gasteiger partial charge on any atom is -0.355 e. The molecule has 6 heteroatoms. The first-order chi connectivity index (χ1) is 17.0. The van der Waals surface area contributed by atoms with E-state index in [2.05, 4.69) is 81.7 Å². The number of rotatable bonds is 5. The van der Waals surface area contributed by atoms with Gasteiger partial charge in [0.15, 0.2) is 0 Å². The molecule has 0 bridgehead atoms. The second kappa shape index (κ2) is 7.84. The number of pyridine rings is 2. The molecule has 0 amide bonds. The van der Waals surface area contributed by atoms with Gasteiger partial charge in [-0.15, -0.1) is 0 Å². The zero-order valence-electron chi connectivity index (χ0n) is 20.6. The van der Waals surface area contributed by atoms with Crippen LogP contribution in [0.25, 0.3) is 33.3 Å². The number of nitrogens with zero attached hydrogens (tertiary/aromatic N) is 4. The van der Waals surface area contributed by atoms with E-state index in [-0.39, 0.29) is 0 Å². The van der Waals surface area contributed by atoms with Gasteiger partial charge in [-0.2, -0.15) is 0 Å². The fourth-order valence-electron chi connectivity index (χ4n) is 6.10. The first-order valence-corrected chi connectivity index (χ1v) is 13.8. The van der Waals surface area contributed by atoms with Crippen molar-refractivity contribution in [1.82, 2.24) is 19.3 Å². The van der Waals surface area contributed by atoms with Gasteiger partial charge in [0.25, 0.3) is 0 Å². The summed E-state index contributed by atoms with van der Waals surface area (Å²) in [5.41, 5.74) is 10.2. The Labute approximate surface area is 211 Å². The molecule has 5 nitrogen and oxygen atoms in total. The van der Waals surface area contributed by atoms with Crippen molar-refractivity contribution in [3.8, 4) is 22.4 Å². The summed E-state index contributed by atoms with van der Waals surface area (Å²) < 4.78 is 2.45. The van der Waals surface area contributed by atoms with Crippen molar-refractivity contribution in [1.29, 1.82) is 0 Å². The number of aryl methyl sites for hydroxylation is 2. The van der Waals surface area contributed by atoms with Gasteiger partial charge in [0, 0.05) is 71.2 Å². The van der Waals surface area contributed by atoms with E-state index in [9.17, 15) is 0 Å². The lowest BCUT2D eigenvalue weighted by Crippen LogP contribution is -2.70. The molecule has 3 fully saturated rings. The van der Waals surface area contributed by atoms with Crippen molar-refractivity contribution >= 4 is 28.7 Å². The largest absolute Gasteiger partial charge is 0.355 e. The second-order valence-electron chi connectivity index (χ2n) is 10.8. The van der Waals surface area contributed by atoms with Gasteiger partial charge in [-0.25, -0.2) is 9.29 Å². The lowest BCUT2D eigenvalue weighted by Gasteiger charge is -2.60. The van der Waals surface area contributed by atoms with Crippen molar-refractivity contribution in [2.24, 2.45) is 5.41 Å². The maximum atomic E-state index is 4.84. The molecule has 7 rings (SSSR count). The monoisotopic (exact) mass is 481 g/mol. The predicted octanol–water partition coefficient (Wildman–Crippen LogP) is 6.19. The number of hydrogen-bond acceptors (Lipinski definition) is 5. The van der Waals surface area contributed by atoms with Crippen LogP contribution in [0.15, 0.2) is 48.7 Å². The summed E-state index contributed by atoms with van der Waals surface area (Å²) in [4.78, 5) is 15.6. The van der Waals surface area contributed by atoms with Gasteiger partial charge < -0.3 is 9.88 Å². The molecule has 1 N–H and O–H groups in total. The molecule has 0 unspecified atom stereocenters. The second-order valence-corrected chi connectivity index (χ2v) is 11.7. The summed E-state index contributed by atoms with van der Waals surface area (Å²) in [6, 6.07) is 15.7. The van der Waals surface area contributed by atoms with Gasteiger partial charge >= 0.3 is 0 Å². The molecule has 3 aliphatic rings. The van der Waals surface area contributed by atoms with Crippen molar-refractivity contribution < 1.29 is 0 Å². The Morgan fingerprint density at radius 1 is 0.914 bits per heavy atom.